The first-order valence-electron chi connectivity index (χ1n) is 9.72. The lowest BCUT2D eigenvalue weighted by molar-refractivity contribution is -0.121. The standard InChI is InChI=1S/C20H31N3O2S.2ClH/c1-25-19-8-4-3-7-17(19)18(23-10-5-2-6-11-23)14-22-20(24)13-16-15-26-12-9-21-16;;/h3-4,7-8,16,18,21H,2,5-6,9-15H2,1H3,(H,22,24);2*1H. The first kappa shape index (κ1) is 25.4. The lowest BCUT2D eigenvalue weighted by atomic mass is 10.0. The molecule has 2 saturated heterocycles. The van der Waals surface area contributed by atoms with Crippen molar-refractivity contribution in [3.63, 3.8) is 0 Å². The Kier molecular flexibility index (Phi) is 12.3. The van der Waals surface area contributed by atoms with E-state index >= 15 is 0 Å². The van der Waals surface area contributed by atoms with E-state index in [4.69, 9.17) is 4.74 Å². The minimum Gasteiger partial charge on any atom is -0.496 e. The maximum atomic E-state index is 12.5. The highest BCUT2D eigenvalue weighted by Gasteiger charge is 2.26. The van der Waals surface area contributed by atoms with Crippen LogP contribution in [0.25, 0.3) is 0 Å². The molecule has 0 bridgehead atoms. The number of methoxy groups -OCH3 is 1. The lowest BCUT2D eigenvalue weighted by Gasteiger charge is -2.35. The van der Waals surface area contributed by atoms with Crippen LogP contribution in [0.3, 0.4) is 0 Å². The van der Waals surface area contributed by atoms with E-state index in [1.165, 1.54) is 24.8 Å². The van der Waals surface area contributed by atoms with Crippen molar-refractivity contribution >= 4 is 42.5 Å². The second-order valence-electron chi connectivity index (χ2n) is 7.09. The van der Waals surface area contributed by atoms with Crippen molar-refractivity contribution in [2.75, 3.05) is 44.8 Å². The summed E-state index contributed by atoms with van der Waals surface area (Å²) in [6.07, 6.45) is 4.31. The predicted molar refractivity (Wildman–Crippen MR) is 122 cm³/mol. The number of thioether (sulfide) groups is 1. The third-order valence-corrected chi connectivity index (χ3v) is 6.38. The van der Waals surface area contributed by atoms with Crippen molar-refractivity contribution in [3.8, 4) is 5.75 Å². The summed E-state index contributed by atoms with van der Waals surface area (Å²) in [7, 11) is 1.72. The summed E-state index contributed by atoms with van der Waals surface area (Å²) in [5.41, 5.74) is 1.17. The Morgan fingerprint density at radius 3 is 2.71 bits per heavy atom. The Labute approximate surface area is 185 Å². The fourth-order valence-electron chi connectivity index (χ4n) is 3.86. The Morgan fingerprint density at radius 1 is 1.29 bits per heavy atom. The molecule has 3 rings (SSSR count). The number of nitrogens with one attached hydrogen (secondary N) is 2. The van der Waals surface area contributed by atoms with Crippen LogP contribution < -0.4 is 15.4 Å². The second-order valence-corrected chi connectivity index (χ2v) is 8.24. The van der Waals surface area contributed by atoms with Crippen LogP contribution >= 0.6 is 36.6 Å². The molecule has 1 aromatic rings. The number of piperidine rings is 1. The van der Waals surface area contributed by atoms with E-state index < -0.39 is 0 Å². The van der Waals surface area contributed by atoms with Gasteiger partial charge in [-0.25, -0.2) is 0 Å². The van der Waals surface area contributed by atoms with Crippen molar-refractivity contribution in [3.05, 3.63) is 29.8 Å². The minimum atomic E-state index is 0. The number of carbonyl (C=O) groups excluding carboxylic acids is 1. The molecule has 0 aliphatic carbocycles. The molecule has 160 valence electrons. The number of amides is 1. The van der Waals surface area contributed by atoms with E-state index in [2.05, 4.69) is 27.7 Å². The van der Waals surface area contributed by atoms with Gasteiger partial charge < -0.3 is 15.4 Å². The number of hydrogen-bond donors (Lipinski definition) is 2. The smallest absolute Gasteiger partial charge is 0.221 e. The number of carbonyl (C=O) groups is 1. The number of ether oxygens (including phenoxy) is 1. The van der Waals surface area contributed by atoms with Gasteiger partial charge in [0.25, 0.3) is 0 Å². The molecule has 5 nitrogen and oxygen atoms in total. The van der Waals surface area contributed by atoms with E-state index in [9.17, 15) is 4.79 Å². The third-order valence-electron chi connectivity index (χ3n) is 5.25. The average Bonchev–Trinajstić information content (AvgIpc) is 2.70. The predicted octanol–water partition coefficient (Wildman–Crippen LogP) is 3.28. The molecule has 1 amide bonds. The summed E-state index contributed by atoms with van der Waals surface area (Å²) < 4.78 is 5.59. The highest BCUT2D eigenvalue weighted by Crippen LogP contribution is 2.30. The quantitative estimate of drug-likeness (QED) is 0.668. The molecule has 8 heteroatoms. The third kappa shape index (κ3) is 7.30. The van der Waals surface area contributed by atoms with Gasteiger partial charge in [-0.3, -0.25) is 9.69 Å². The number of likely N-dealkylation sites (tertiary alicyclic amines) is 1. The molecule has 2 unspecified atom stereocenters. The van der Waals surface area contributed by atoms with Gasteiger partial charge in [0.1, 0.15) is 5.75 Å². The molecule has 2 heterocycles. The second kappa shape index (κ2) is 13.5. The summed E-state index contributed by atoms with van der Waals surface area (Å²) in [4.78, 5) is 15.0. The van der Waals surface area contributed by atoms with Crippen molar-refractivity contribution in [2.24, 2.45) is 0 Å². The topological polar surface area (TPSA) is 53.6 Å². The molecule has 2 aliphatic heterocycles. The van der Waals surface area contributed by atoms with E-state index in [1.807, 2.05) is 23.9 Å². The van der Waals surface area contributed by atoms with Crippen LogP contribution in [0, 0.1) is 0 Å². The molecule has 2 fully saturated rings. The maximum Gasteiger partial charge on any atom is 0.221 e. The van der Waals surface area contributed by atoms with Crippen LogP contribution in [0.2, 0.25) is 0 Å². The number of benzene rings is 1. The van der Waals surface area contributed by atoms with Crippen molar-refractivity contribution in [1.29, 1.82) is 0 Å². The Bertz CT molecular complexity index is 582. The molecule has 28 heavy (non-hydrogen) atoms. The highest BCUT2D eigenvalue weighted by atomic mass is 35.5. The summed E-state index contributed by atoms with van der Waals surface area (Å²) in [5, 5.41) is 6.63. The van der Waals surface area contributed by atoms with Crippen LogP contribution in [0.4, 0.5) is 0 Å². The molecule has 0 aromatic heterocycles. The van der Waals surface area contributed by atoms with Crippen LogP contribution in [-0.4, -0.2) is 61.6 Å². The normalized spacial score (nSPS) is 21.0. The maximum absolute atomic E-state index is 12.5. The number of para-hydroxylation sites is 1. The summed E-state index contributed by atoms with van der Waals surface area (Å²) >= 11 is 1.93. The van der Waals surface area contributed by atoms with E-state index in [-0.39, 0.29) is 36.8 Å². The summed E-state index contributed by atoms with van der Waals surface area (Å²) in [5.74, 6) is 3.21. The number of nitrogens with zero attached hydrogens (tertiary/aromatic N) is 1. The molecular weight excluding hydrogens is 417 g/mol. The van der Waals surface area contributed by atoms with Gasteiger partial charge in [0.15, 0.2) is 0 Å². The van der Waals surface area contributed by atoms with Crippen LogP contribution in [0.1, 0.15) is 37.3 Å². The zero-order valence-electron chi connectivity index (χ0n) is 16.5. The molecule has 0 radical (unpaired) electrons. The Balaban J connectivity index is 0.00000196. The molecule has 2 atom stereocenters. The van der Waals surface area contributed by atoms with Gasteiger partial charge in [-0.2, -0.15) is 11.8 Å². The first-order valence-corrected chi connectivity index (χ1v) is 10.9. The van der Waals surface area contributed by atoms with Crippen LogP contribution in [0.15, 0.2) is 24.3 Å². The molecule has 0 spiro atoms. The van der Waals surface area contributed by atoms with Gasteiger partial charge in [0, 0.05) is 42.6 Å². The largest absolute Gasteiger partial charge is 0.496 e. The molecule has 2 aliphatic rings. The van der Waals surface area contributed by atoms with Gasteiger partial charge >= 0.3 is 0 Å². The average molecular weight is 450 g/mol. The Morgan fingerprint density at radius 2 is 2.04 bits per heavy atom. The van der Waals surface area contributed by atoms with Gasteiger partial charge in [-0.05, 0) is 32.0 Å². The monoisotopic (exact) mass is 449 g/mol. The van der Waals surface area contributed by atoms with Gasteiger partial charge in [-0.1, -0.05) is 24.6 Å². The SMILES string of the molecule is COc1ccccc1C(CNC(=O)CC1CSCCN1)N1CCCCC1.Cl.Cl. The minimum absolute atomic E-state index is 0. The molecule has 0 saturated carbocycles. The van der Waals surface area contributed by atoms with Gasteiger partial charge in [-0.15, -0.1) is 24.8 Å². The molecule has 2 N–H and O–H groups in total. The van der Waals surface area contributed by atoms with Crippen LogP contribution in [0.5, 0.6) is 5.75 Å². The number of hydrogen-bond acceptors (Lipinski definition) is 5. The molecular formula is C20H33Cl2N3O2S. The highest BCUT2D eigenvalue weighted by molar-refractivity contribution is 7.99. The van der Waals surface area contributed by atoms with E-state index in [0.717, 1.165) is 36.9 Å². The number of rotatable bonds is 7. The zero-order chi connectivity index (χ0) is 18.2. The lowest BCUT2D eigenvalue weighted by Crippen LogP contribution is -2.44. The van der Waals surface area contributed by atoms with Crippen molar-refractivity contribution < 1.29 is 9.53 Å². The van der Waals surface area contributed by atoms with E-state index in [0.29, 0.717) is 19.0 Å². The van der Waals surface area contributed by atoms with Crippen molar-refractivity contribution in [2.45, 2.75) is 37.8 Å². The summed E-state index contributed by atoms with van der Waals surface area (Å²) in [6, 6.07) is 8.67. The van der Waals surface area contributed by atoms with Gasteiger partial charge in [0.05, 0.1) is 13.2 Å². The van der Waals surface area contributed by atoms with E-state index in [1.54, 1.807) is 7.11 Å². The van der Waals surface area contributed by atoms with Crippen LogP contribution in [-0.2, 0) is 4.79 Å². The molecule has 1 aromatic carbocycles. The Hall–Kier alpha value is -0.660. The van der Waals surface area contributed by atoms with Crippen molar-refractivity contribution in [1.82, 2.24) is 15.5 Å². The fourth-order valence-corrected chi connectivity index (χ4v) is 4.81. The zero-order valence-corrected chi connectivity index (χ0v) is 19.0. The first-order chi connectivity index (χ1) is 12.8. The summed E-state index contributed by atoms with van der Waals surface area (Å²) in [6.45, 7) is 3.80. The number of halogens is 2. The fraction of sp³-hybridized carbons (Fsp3) is 0.650. The van der Waals surface area contributed by atoms with Gasteiger partial charge in [0.2, 0.25) is 5.91 Å².